The highest BCUT2D eigenvalue weighted by Gasteiger charge is 2.22. The molecule has 0 aromatic heterocycles. The first-order chi connectivity index (χ1) is 7.61. The third-order valence-electron chi connectivity index (χ3n) is 3.15. The first kappa shape index (κ1) is 11.1. The van der Waals surface area contributed by atoms with Gasteiger partial charge in [-0.25, -0.2) is 0 Å². The van der Waals surface area contributed by atoms with Crippen LogP contribution in [0.2, 0.25) is 0 Å². The van der Waals surface area contributed by atoms with Gasteiger partial charge in [-0.15, -0.1) is 0 Å². The molecule has 0 fully saturated rings. The van der Waals surface area contributed by atoms with E-state index in [-0.39, 0.29) is 6.10 Å². The van der Waals surface area contributed by atoms with Crippen LogP contribution in [-0.4, -0.2) is 18.4 Å². The molecule has 0 amide bonds. The van der Waals surface area contributed by atoms with E-state index in [0.717, 1.165) is 12.1 Å². The number of aryl methyl sites for hydroxylation is 3. The molecule has 0 saturated heterocycles. The minimum Gasteiger partial charge on any atom is -0.390 e. The van der Waals surface area contributed by atoms with Crippen molar-refractivity contribution in [2.45, 2.75) is 33.3 Å². The molecule has 0 bridgehead atoms. The lowest BCUT2D eigenvalue weighted by Gasteiger charge is -2.08. The summed E-state index contributed by atoms with van der Waals surface area (Å²) in [5.74, 6) is 0. The highest BCUT2D eigenvalue weighted by Crippen LogP contribution is 2.21. The summed E-state index contributed by atoms with van der Waals surface area (Å²) >= 11 is 0. The number of hydrogen-bond acceptors (Lipinski definition) is 3. The lowest BCUT2D eigenvalue weighted by Crippen LogP contribution is -2.20. The van der Waals surface area contributed by atoms with Crippen LogP contribution in [0, 0.1) is 20.8 Å². The van der Waals surface area contributed by atoms with Gasteiger partial charge in [0.1, 0.15) is 6.10 Å². The fourth-order valence-corrected chi connectivity index (χ4v) is 1.99. The number of oxime groups is 1. The molecule has 0 radical (unpaired) electrons. The summed E-state index contributed by atoms with van der Waals surface area (Å²) in [5.41, 5.74) is 11.6. The molecule has 1 aliphatic heterocycles. The molecule has 0 saturated carbocycles. The molecule has 1 atom stereocenters. The molecule has 1 aliphatic rings. The zero-order valence-corrected chi connectivity index (χ0v) is 10.1. The SMILES string of the molecule is Cc1cc(C)c(C2=NOC(CN)C2)cc1C. The average molecular weight is 218 g/mol. The summed E-state index contributed by atoms with van der Waals surface area (Å²) in [6.45, 7) is 6.88. The van der Waals surface area contributed by atoms with Crippen LogP contribution in [0.1, 0.15) is 28.7 Å². The van der Waals surface area contributed by atoms with Crippen LogP contribution in [0.25, 0.3) is 0 Å². The fraction of sp³-hybridized carbons (Fsp3) is 0.462. The standard InChI is InChI=1S/C13H18N2O/c1-8-4-10(3)12(5-9(8)2)13-6-11(7-14)16-15-13/h4-5,11H,6-7,14H2,1-3H3. The molecule has 2 N–H and O–H groups in total. The van der Waals surface area contributed by atoms with Gasteiger partial charge in [0, 0.05) is 18.5 Å². The van der Waals surface area contributed by atoms with E-state index in [9.17, 15) is 0 Å². The van der Waals surface area contributed by atoms with Gasteiger partial charge in [0.15, 0.2) is 0 Å². The molecule has 2 rings (SSSR count). The highest BCUT2D eigenvalue weighted by molar-refractivity contribution is 6.02. The number of nitrogens with zero attached hydrogens (tertiary/aromatic N) is 1. The van der Waals surface area contributed by atoms with Gasteiger partial charge in [-0.2, -0.15) is 0 Å². The Kier molecular flexibility index (Phi) is 2.97. The van der Waals surface area contributed by atoms with E-state index in [1.165, 1.54) is 22.3 Å². The van der Waals surface area contributed by atoms with Crippen molar-refractivity contribution >= 4 is 5.71 Å². The van der Waals surface area contributed by atoms with Gasteiger partial charge in [-0.3, -0.25) is 0 Å². The van der Waals surface area contributed by atoms with Crippen molar-refractivity contribution in [2.75, 3.05) is 6.54 Å². The Balaban J connectivity index is 2.32. The smallest absolute Gasteiger partial charge is 0.145 e. The summed E-state index contributed by atoms with van der Waals surface area (Å²) in [7, 11) is 0. The second kappa shape index (κ2) is 4.26. The lowest BCUT2D eigenvalue weighted by atomic mass is 9.95. The zero-order valence-electron chi connectivity index (χ0n) is 10.1. The topological polar surface area (TPSA) is 47.6 Å². The maximum absolute atomic E-state index is 5.57. The van der Waals surface area contributed by atoms with E-state index in [1.807, 2.05) is 0 Å². The van der Waals surface area contributed by atoms with Crippen molar-refractivity contribution in [3.63, 3.8) is 0 Å². The van der Waals surface area contributed by atoms with Crippen molar-refractivity contribution in [1.82, 2.24) is 0 Å². The maximum Gasteiger partial charge on any atom is 0.145 e. The van der Waals surface area contributed by atoms with E-state index in [4.69, 9.17) is 10.6 Å². The Bertz CT molecular complexity index is 438. The van der Waals surface area contributed by atoms with Gasteiger partial charge in [0.25, 0.3) is 0 Å². The van der Waals surface area contributed by atoms with Crippen molar-refractivity contribution in [2.24, 2.45) is 10.9 Å². The highest BCUT2D eigenvalue weighted by atomic mass is 16.6. The molecule has 86 valence electrons. The third kappa shape index (κ3) is 1.95. The molecule has 1 aromatic rings. The van der Waals surface area contributed by atoms with Crippen LogP contribution in [0.3, 0.4) is 0 Å². The molecule has 3 nitrogen and oxygen atoms in total. The molecule has 0 aliphatic carbocycles. The van der Waals surface area contributed by atoms with Crippen molar-refractivity contribution in [3.05, 3.63) is 34.4 Å². The Morgan fingerprint density at radius 1 is 1.25 bits per heavy atom. The molecule has 16 heavy (non-hydrogen) atoms. The van der Waals surface area contributed by atoms with Crippen LogP contribution in [0.15, 0.2) is 17.3 Å². The predicted molar refractivity (Wildman–Crippen MR) is 65.7 cm³/mol. The number of nitrogens with two attached hydrogens (primary N) is 1. The van der Waals surface area contributed by atoms with Gasteiger partial charge in [0.2, 0.25) is 0 Å². The first-order valence-electron chi connectivity index (χ1n) is 5.62. The number of benzene rings is 1. The number of rotatable bonds is 2. The molecular formula is C13H18N2O. The van der Waals surface area contributed by atoms with Gasteiger partial charge in [0.05, 0.1) is 5.71 Å². The summed E-state index contributed by atoms with van der Waals surface area (Å²) in [5, 5.41) is 4.13. The predicted octanol–water partition coefficient (Wildman–Crippen LogP) is 2.06. The van der Waals surface area contributed by atoms with E-state index in [0.29, 0.717) is 6.54 Å². The van der Waals surface area contributed by atoms with Crippen molar-refractivity contribution in [1.29, 1.82) is 0 Å². The Morgan fingerprint density at radius 2 is 1.94 bits per heavy atom. The van der Waals surface area contributed by atoms with Crippen molar-refractivity contribution in [3.8, 4) is 0 Å². The third-order valence-corrected chi connectivity index (χ3v) is 3.15. The molecule has 3 heteroatoms. The Morgan fingerprint density at radius 3 is 2.56 bits per heavy atom. The van der Waals surface area contributed by atoms with Crippen LogP contribution in [-0.2, 0) is 4.84 Å². The first-order valence-corrected chi connectivity index (χ1v) is 5.62. The van der Waals surface area contributed by atoms with E-state index in [1.54, 1.807) is 0 Å². The molecule has 1 aromatic carbocycles. The van der Waals surface area contributed by atoms with E-state index < -0.39 is 0 Å². The summed E-state index contributed by atoms with van der Waals surface area (Å²) in [6, 6.07) is 4.38. The largest absolute Gasteiger partial charge is 0.390 e. The monoisotopic (exact) mass is 218 g/mol. The normalized spacial score (nSPS) is 19.5. The van der Waals surface area contributed by atoms with E-state index in [2.05, 4.69) is 38.1 Å². The van der Waals surface area contributed by atoms with Crippen molar-refractivity contribution < 1.29 is 4.84 Å². The fourth-order valence-electron chi connectivity index (χ4n) is 1.99. The quantitative estimate of drug-likeness (QED) is 0.826. The second-order valence-electron chi connectivity index (χ2n) is 4.46. The Labute approximate surface area is 96.3 Å². The van der Waals surface area contributed by atoms with Crippen LogP contribution < -0.4 is 5.73 Å². The maximum atomic E-state index is 5.57. The molecule has 1 heterocycles. The molecule has 0 spiro atoms. The molecule has 1 unspecified atom stereocenters. The minimum atomic E-state index is 0.0519. The van der Waals surface area contributed by atoms with Crippen LogP contribution >= 0.6 is 0 Å². The van der Waals surface area contributed by atoms with Crippen LogP contribution in [0.4, 0.5) is 0 Å². The second-order valence-corrected chi connectivity index (χ2v) is 4.46. The lowest BCUT2D eigenvalue weighted by molar-refractivity contribution is 0.0918. The van der Waals surface area contributed by atoms with Gasteiger partial charge >= 0.3 is 0 Å². The minimum absolute atomic E-state index is 0.0519. The van der Waals surface area contributed by atoms with Gasteiger partial charge < -0.3 is 10.6 Å². The summed E-state index contributed by atoms with van der Waals surface area (Å²) in [4.78, 5) is 5.26. The average Bonchev–Trinajstić information content (AvgIpc) is 2.71. The van der Waals surface area contributed by atoms with Gasteiger partial charge in [-0.1, -0.05) is 11.2 Å². The molecular weight excluding hydrogens is 200 g/mol. The van der Waals surface area contributed by atoms with Crippen LogP contribution in [0.5, 0.6) is 0 Å². The summed E-state index contributed by atoms with van der Waals surface area (Å²) < 4.78 is 0. The Hall–Kier alpha value is -1.35. The van der Waals surface area contributed by atoms with E-state index >= 15 is 0 Å². The summed E-state index contributed by atoms with van der Waals surface area (Å²) in [6.07, 6.45) is 0.871. The van der Waals surface area contributed by atoms with Gasteiger partial charge in [-0.05, 0) is 43.5 Å². The zero-order chi connectivity index (χ0) is 11.7. The number of hydrogen-bond donors (Lipinski definition) is 1.